The Morgan fingerprint density at radius 1 is 1.28 bits per heavy atom. The fraction of sp³-hybridized carbons (Fsp3) is 0.389. The summed E-state index contributed by atoms with van der Waals surface area (Å²) in [5.74, 6) is 0.520. The minimum atomic E-state index is -0.291. The van der Waals surface area contributed by atoms with Crippen molar-refractivity contribution in [3.63, 3.8) is 0 Å². The van der Waals surface area contributed by atoms with Gasteiger partial charge in [0, 0.05) is 31.1 Å². The van der Waals surface area contributed by atoms with E-state index in [0.29, 0.717) is 29.0 Å². The predicted molar refractivity (Wildman–Crippen MR) is 92.0 cm³/mol. The van der Waals surface area contributed by atoms with E-state index in [4.69, 9.17) is 4.42 Å². The zero-order valence-electron chi connectivity index (χ0n) is 13.9. The molecule has 2 aliphatic rings. The van der Waals surface area contributed by atoms with Crippen molar-refractivity contribution < 1.29 is 14.0 Å². The van der Waals surface area contributed by atoms with Crippen molar-refractivity contribution in [2.75, 3.05) is 11.9 Å². The van der Waals surface area contributed by atoms with Gasteiger partial charge in [-0.05, 0) is 30.9 Å². The van der Waals surface area contributed by atoms with E-state index in [0.717, 1.165) is 19.4 Å². The molecule has 0 spiro atoms. The molecule has 7 nitrogen and oxygen atoms in total. The minimum Gasteiger partial charge on any atom is -0.432 e. The highest BCUT2D eigenvalue weighted by Gasteiger charge is 2.40. The monoisotopic (exact) mass is 340 g/mol. The van der Waals surface area contributed by atoms with Gasteiger partial charge < -0.3 is 20.4 Å². The second-order valence-electron chi connectivity index (χ2n) is 6.67. The van der Waals surface area contributed by atoms with Crippen LogP contribution in [0, 0.1) is 5.92 Å². The number of hydrogen-bond acceptors (Lipinski definition) is 5. The fourth-order valence-electron chi connectivity index (χ4n) is 3.74. The van der Waals surface area contributed by atoms with E-state index < -0.39 is 0 Å². The molecule has 2 aromatic rings. The molecule has 7 heteroatoms. The molecule has 1 aromatic carbocycles. The van der Waals surface area contributed by atoms with Gasteiger partial charge in [0.05, 0.1) is 11.9 Å². The third-order valence-corrected chi connectivity index (χ3v) is 4.88. The zero-order valence-corrected chi connectivity index (χ0v) is 13.9. The first-order valence-corrected chi connectivity index (χ1v) is 8.47. The highest BCUT2D eigenvalue weighted by Crippen LogP contribution is 2.32. The van der Waals surface area contributed by atoms with E-state index in [1.54, 1.807) is 6.07 Å². The molecule has 3 unspecified atom stereocenters. The van der Waals surface area contributed by atoms with Gasteiger partial charge in [0.25, 0.3) is 5.89 Å². The van der Waals surface area contributed by atoms with Crippen LogP contribution in [0.5, 0.6) is 0 Å². The number of hydrogen-bond donors (Lipinski definition) is 3. The summed E-state index contributed by atoms with van der Waals surface area (Å²) < 4.78 is 5.65. The number of aromatic nitrogens is 1. The molecule has 25 heavy (non-hydrogen) atoms. The quantitative estimate of drug-likeness (QED) is 0.788. The molecule has 4 rings (SSSR count). The molecule has 1 aromatic heterocycles. The maximum Gasteiger partial charge on any atom is 0.307 e. The number of benzene rings is 1. The van der Waals surface area contributed by atoms with E-state index in [9.17, 15) is 9.59 Å². The molecule has 2 bridgehead atoms. The van der Waals surface area contributed by atoms with Gasteiger partial charge in [-0.3, -0.25) is 9.59 Å². The second kappa shape index (κ2) is 6.33. The predicted octanol–water partition coefficient (Wildman–Crippen LogP) is 1.78. The summed E-state index contributed by atoms with van der Waals surface area (Å²) in [6.45, 7) is 2.40. The van der Waals surface area contributed by atoms with Gasteiger partial charge in [0.2, 0.25) is 5.91 Å². The summed E-state index contributed by atoms with van der Waals surface area (Å²) >= 11 is 0. The highest BCUT2D eigenvalue weighted by molar-refractivity contribution is 5.94. The van der Waals surface area contributed by atoms with Crippen LogP contribution in [0.3, 0.4) is 0 Å². The molecular weight excluding hydrogens is 320 g/mol. The van der Waals surface area contributed by atoms with Crippen molar-refractivity contribution in [1.82, 2.24) is 15.6 Å². The van der Waals surface area contributed by atoms with Crippen molar-refractivity contribution in [3.8, 4) is 11.3 Å². The molecule has 2 fully saturated rings. The number of nitrogens with one attached hydrogen (secondary N) is 3. The van der Waals surface area contributed by atoms with Gasteiger partial charge in [-0.25, -0.2) is 4.98 Å². The van der Waals surface area contributed by atoms with Crippen LogP contribution in [-0.4, -0.2) is 35.4 Å². The molecule has 1 aliphatic heterocycles. The average Bonchev–Trinajstić information content (AvgIpc) is 3.31. The summed E-state index contributed by atoms with van der Waals surface area (Å²) in [6.07, 6.45) is 3.58. The van der Waals surface area contributed by atoms with Gasteiger partial charge >= 0.3 is 5.91 Å². The molecule has 0 radical (unpaired) electrons. The fourth-order valence-corrected chi connectivity index (χ4v) is 3.74. The lowest BCUT2D eigenvalue weighted by atomic mass is 10.0. The Morgan fingerprint density at radius 2 is 2.12 bits per heavy atom. The Hall–Kier alpha value is -2.67. The molecule has 1 saturated carbocycles. The lowest BCUT2D eigenvalue weighted by molar-refractivity contribution is -0.114. The van der Waals surface area contributed by atoms with Crippen LogP contribution in [-0.2, 0) is 4.79 Å². The standard InChI is InChI=1S/C18H20N4O3/c1-10(23)21-14-5-3-2-4-13(14)16-9-20-18(25-16)17(24)22-15-7-12-6-11(15)8-19-12/h2-5,9,11-12,15,19H,6-8H2,1H3,(H,21,23)(H,22,24). The maximum atomic E-state index is 12.4. The van der Waals surface area contributed by atoms with Crippen LogP contribution in [0.1, 0.15) is 30.5 Å². The smallest absolute Gasteiger partial charge is 0.307 e. The van der Waals surface area contributed by atoms with E-state index in [1.165, 1.54) is 13.1 Å². The first kappa shape index (κ1) is 15.8. The Kier molecular flexibility index (Phi) is 4.01. The highest BCUT2D eigenvalue weighted by atomic mass is 16.4. The molecule has 3 N–H and O–H groups in total. The lowest BCUT2D eigenvalue weighted by Gasteiger charge is -2.22. The number of nitrogens with zero attached hydrogens (tertiary/aromatic N) is 1. The van der Waals surface area contributed by atoms with Crippen molar-refractivity contribution in [2.45, 2.75) is 31.8 Å². The third kappa shape index (κ3) is 3.15. The van der Waals surface area contributed by atoms with E-state index in [1.807, 2.05) is 18.2 Å². The SMILES string of the molecule is CC(=O)Nc1ccccc1-c1cnc(C(=O)NC2CC3CC2CN3)o1. The minimum absolute atomic E-state index is 0.0448. The normalized spacial score (nSPS) is 24.3. The number of amides is 2. The number of oxazole rings is 1. The number of carbonyl (C=O) groups excluding carboxylic acids is 2. The zero-order chi connectivity index (χ0) is 17.4. The number of rotatable bonds is 4. The summed E-state index contributed by atoms with van der Waals surface area (Å²) in [7, 11) is 0. The van der Waals surface area contributed by atoms with Crippen LogP contribution in [0.4, 0.5) is 5.69 Å². The van der Waals surface area contributed by atoms with Gasteiger partial charge in [-0.1, -0.05) is 12.1 Å². The van der Waals surface area contributed by atoms with Crippen molar-refractivity contribution >= 4 is 17.5 Å². The molecule has 2 heterocycles. The van der Waals surface area contributed by atoms with Crippen molar-refractivity contribution in [1.29, 1.82) is 0 Å². The average molecular weight is 340 g/mol. The Balaban J connectivity index is 1.50. The molecule has 1 saturated heterocycles. The van der Waals surface area contributed by atoms with Gasteiger partial charge in [0.1, 0.15) is 0 Å². The largest absolute Gasteiger partial charge is 0.432 e. The first-order valence-electron chi connectivity index (χ1n) is 8.47. The number of para-hydroxylation sites is 1. The summed E-state index contributed by atoms with van der Waals surface area (Å²) in [5, 5.41) is 9.21. The summed E-state index contributed by atoms with van der Waals surface area (Å²) in [4.78, 5) is 27.9. The number of fused-ring (bicyclic) bond motifs is 2. The first-order chi connectivity index (χ1) is 12.1. The number of carbonyl (C=O) groups is 2. The van der Waals surface area contributed by atoms with Gasteiger partial charge in [0.15, 0.2) is 5.76 Å². The van der Waals surface area contributed by atoms with Gasteiger partial charge in [-0.2, -0.15) is 0 Å². The Bertz CT molecular complexity index is 816. The molecular formula is C18H20N4O3. The van der Waals surface area contributed by atoms with E-state index in [-0.39, 0.29) is 23.7 Å². The maximum absolute atomic E-state index is 12.4. The Morgan fingerprint density at radius 3 is 2.84 bits per heavy atom. The third-order valence-electron chi connectivity index (χ3n) is 4.88. The summed E-state index contributed by atoms with van der Waals surface area (Å²) in [6, 6.07) is 7.95. The summed E-state index contributed by atoms with van der Waals surface area (Å²) in [5.41, 5.74) is 1.31. The van der Waals surface area contributed by atoms with Gasteiger partial charge in [-0.15, -0.1) is 0 Å². The molecule has 2 amide bonds. The van der Waals surface area contributed by atoms with E-state index in [2.05, 4.69) is 20.9 Å². The van der Waals surface area contributed by atoms with Crippen molar-refractivity contribution in [2.24, 2.45) is 5.92 Å². The lowest BCUT2D eigenvalue weighted by Crippen LogP contribution is -2.44. The van der Waals surface area contributed by atoms with Crippen LogP contribution in [0.15, 0.2) is 34.9 Å². The van der Waals surface area contributed by atoms with Crippen LogP contribution in [0.2, 0.25) is 0 Å². The molecule has 1 aliphatic carbocycles. The Labute approximate surface area is 145 Å². The molecule has 130 valence electrons. The number of piperidine rings is 1. The van der Waals surface area contributed by atoms with Crippen LogP contribution in [0.25, 0.3) is 11.3 Å². The van der Waals surface area contributed by atoms with Crippen molar-refractivity contribution in [3.05, 3.63) is 36.4 Å². The molecule has 3 atom stereocenters. The topological polar surface area (TPSA) is 96.3 Å². The van der Waals surface area contributed by atoms with Crippen LogP contribution >= 0.6 is 0 Å². The second-order valence-corrected chi connectivity index (χ2v) is 6.67. The van der Waals surface area contributed by atoms with Crippen LogP contribution < -0.4 is 16.0 Å². The number of anilines is 1. The van der Waals surface area contributed by atoms with E-state index >= 15 is 0 Å².